The van der Waals surface area contributed by atoms with Crippen LogP contribution in [0.25, 0.3) is 0 Å². The summed E-state index contributed by atoms with van der Waals surface area (Å²) < 4.78 is 0. The van der Waals surface area contributed by atoms with Crippen molar-refractivity contribution in [1.29, 1.82) is 0 Å². The van der Waals surface area contributed by atoms with Gasteiger partial charge in [-0.25, -0.2) is 0 Å². The predicted octanol–water partition coefficient (Wildman–Crippen LogP) is 2.08. The molecule has 0 bridgehead atoms. The average molecular weight is 278 g/mol. The van der Waals surface area contributed by atoms with E-state index in [1.165, 1.54) is 0 Å². The Morgan fingerprint density at radius 3 is 2.45 bits per heavy atom. The van der Waals surface area contributed by atoms with Crippen LogP contribution >= 0.6 is 0 Å². The molecule has 0 aromatic carbocycles. The summed E-state index contributed by atoms with van der Waals surface area (Å²) in [5.74, 6) is 0.986. The molecule has 3 rings (SSSR count). The molecule has 3 unspecified atom stereocenters. The lowest BCUT2D eigenvalue weighted by atomic mass is 9.87. The van der Waals surface area contributed by atoms with Crippen molar-refractivity contribution in [1.82, 2.24) is 10.2 Å². The van der Waals surface area contributed by atoms with Crippen LogP contribution in [0.5, 0.6) is 0 Å². The van der Waals surface area contributed by atoms with Crippen LogP contribution in [0.15, 0.2) is 0 Å². The van der Waals surface area contributed by atoms with Crippen molar-refractivity contribution in [2.45, 2.75) is 76.9 Å². The van der Waals surface area contributed by atoms with E-state index in [1.807, 2.05) is 11.8 Å². The minimum absolute atomic E-state index is 0.0875. The summed E-state index contributed by atoms with van der Waals surface area (Å²) in [7, 11) is 0. The third-order valence-corrected chi connectivity index (χ3v) is 5.27. The van der Waals surface area contributed by atoms with Gasteiger partial charge in [-0.2, -0.15) is 0 Å². The van der Waals surface area contributed by atoms with Gasteiger partial charge in [-0.1, -0.05) is 13.3 Å². The van der Waals surface area contributed by atoms with E-state index in [-0.39, 0.29) is 23.9 Å². The van der Waals surface area contributed by atoms with Gasteiger partial charge in [-0.05, 0) is 57.8 Å². The largest absolute Gasteiger partial charge is 0.340 e. The molecule has 3 aliphatic rings. The fraction of sp³-hybridized carbons (Fsp3) is 0.875. The highest BCUT2D eigenvalue weighted by molar-refractivity contribution is 6.00. The summed E-state index contributed by atoms with van der Waals surface area (Å²) in [5, 5.41) is 3.07. The van der Waals surface area contributed by atoms with Gasteiger partial charge in [-0.15, -0.1) is 0 Å². The lowest BCUT2D eigenvalue weighted by molar-refractivity contribution is -0.159. The normalized spacial score (nSPS) is 36.0. The van der Waals surface area contributed by atoms with E-state index in [4.69, 9.17) is 0 Å². The first kappa shape index (κ1) is 13.9. The van der Waals surface area contributed by atoms with Gasteiger partial charge in [0.25, 0.3) is 0 Å². The number of piperazine rings is 1. The highest BCUT2D eigenvalue weighted by Crippen LogP contribution is 2.45. The predicted molar refractivity (Wildman–Crippen MR) is 77.0 cm³/mol. The third-order valence-electron chi connectivity index (χ3n) is 5.27. The van der Waals surface area contributed by atoms with Gasteiger partial charge in [-0.3, -0.25) is 9.59 Å². The molecule has 1 saturated heterocycles. The highest BCUT2D eigenvalue weighted by atomic mass is 16.2. The fourth-order valence-corrected chi connectivity index (χ4v) is 3.73. The molecule has 1 N–H and O–H groups in total. The summed E-state index contributed by atoms with van der Waals surface area (Å²) in [6.45, 7) is 6.17. The number of rotatable bonds is 5. The molecule has 3 fully saturated rings. The Bertz CT molecular complexity index is 428. The second-order valence-corrected chi connectivity index (χ2v) is 7.10. The lowest BCUT2D eigenvalue weighted by Gasteiger charge is -2.47. The smallest absolute Gasteiger partial charge is 0.249 e. The monoisotopic (exact) mass is 278 g/mol. The summed E-state index contributed by atoms with van der Waals surface area (Å²) in [6, 6.07) is -0.0434. The van der Waals surface area contributed by atoms with Gasteiger partial charge in [0.2, 0.25) is 11.8 Å². The van der Waals surface area contributed by atoms with Crippen LogP contribution in [0.2, 0.25) is 0 Å². The van der Waals surface area contributed by atoms with Crippen LogP contribution < -0.4 is 5.32 Å². The summed E-state index contributed by atoms with van der Waals surface area (Å²) >= 11 is 0. The van der Waals surface area contributed by atoms with E-state index in [1.54, 1.807) is 0 Å². The van der Waals surface area contributed by atoms with Gasteiger partial charge in [0.1, 0.15) is 11.6 Å². The molecule has 4 heteroatoms. The molecule has 3 atom stereocenters. The SMILES string of the molecule is CCCC(C)N1C(=O)C(C)(C2CC2)NC(=O)C1C1CC1. The first-order chi connectivity index (χ1) is 9.49. The van der Waals surface area contributed by atoms with Crippen LogP contribution in [0.1, 0.15) is 59.3 Å². The van der Waals surface area contributed by atoms with Crippen LogP contribution in [-0.4, -0.2) is 34.3 Å². The van der Waals surface area contributed by atoms with E-state index in [0.717, 1.165) is 38.5 Å². The molecule has 4 nitrogen and oxygen atoms in total. The van der Waals surface area contributed by atoms with Crippen molar-refractivity contribution < 1.29 is 9.59 Å². The Kier molecular flexibility index (Phi) is 3.30. The average Bonchev–Trinajstić information content (AvgIpc) is 3.26. The Labute approximate surface area is 121 Å². The van der Waals surface area contributed by atoms with E-state index in [9.17, 15) is 9.59 Å². The zero-order valence-electron chi connectivity index (χ0n) is 12.8. The number of nitrogens with zero attached hydrogens (tertiary/aromatic N) is 1. The van der Waals surface area contributed by atoms with E-state index in [2.05, 4.69) is 19.2 Å². The second kappa shape index (κ2) is 4.74. The number of carbonyl (C=O) groups excluding carboxylic acids is 2. The first-order valence-electron chi connectivity index (χ1n) is 8.13. The minimum Gasteiger partial charge on any atom is -0.340 e. The summed E-state index contributed by atoms with van der Waals surface area (Å²) in [6.07, 6.45) is 6.31. The minimum atomic E-state index is -0.648. The van der Waals surface area contributed by atoms with E-state index < -0.39 is 5.54 Å². The molecule has 2 amide bonds. The Balaban J connectivity index is 1.90. The fourth-order valence-electron chi connectivity index (χ4n) is 3.73. The highest BCUT2D eigenvalue weighted by Gasteiger charge is 2.58. The molecule has 2 saturated carbocycles. The van der Waals surface area contributed by atoms with Gasteiger partial charge in [0, 0.05) is 6.04 Å². The van der Waals surface area contributed by atoms with E-state index in [0.29, 0.717) is 11.8 Å². The Morgan fingerprint density at radius 1 is 1.30 bits per heavy atom. The van der Waals surface area contributed by atoms with Crippen molar-refractivity contribution in [3.8, 4) is 0 Å². The molecule has 20 heavy (non-hydrogen) atoms. The van der Waals surface area contributed by atoms with Gasteiger partial charge in [0.15, 0.2) is 0 Å². The zero-order chi connectivity index (χ0) is 14.5. The Hall–Kier alpha value is -1.06. The number of carbonyl (C=O) groups is 2. The third kappa shape index (κ3) is 2.13. The zero-order valence-corrected chi connectivity index (χ0v) is 12.8. The number of hydrogen-bond acceptors (Lipinski definition) is 2. The first-order valence-corrected chi connectivity index (χ1v) is 8.13. The molecule has 2 aliphatic carbocycles. The van der Waals surface area contributed by atoms with E-state index >= 15 is 0 Å². The van der Waals surface area contributed by atoms with Crippen molar-refractivity contribution in [3.05, 3.63) is 0 Å². The molecule has 1 aliphatic heterocycles. The van der Waals surface area contributed by atoms with Crippen molar-refractivity contribution in [3.63, 3.8) is 0 Å². The van der Waals surface area contributed by atoms with Crippen LogP contribution in [-0.2, 0) is 9.59 Å². The van der Waals surface area contributed by atoms with Crippen LogP contribution in [0, 0.1) is 11.8 Å². The second-order valence-electron chi connectivity index (χ2n) is 7.10. The molecule has 0 aromatic heterocycles. The molecular weight excluding hydrogens is 252 g/mol. The quantitative estimate of drug-likeness (QED) is 0.837. The summed E-state index contributed by atoms with van der Waals surface area (Å²) in [4.78, 5) is 27.6. The molecule has 1 heterocycles. The Morgan fingerprint density at radius 2 is 1.95 bits per heavy atom. The number of nitrogens with one attached hydrogen (secondary N) is 1. The van der Waals surface area contributed by atoms with Crippen LogP contribution in [0.3, 0.4) is 0 Å². The van der Waals surface area contributed by atoms with Gasteiger partial charge in [0.05, 0.1) is 0 Å². The summed E-state index contributed by atoms with van der Waals surface area (Å²) in [5.41, 5.74) is -0.648. The maximum atomic E-state index is 13.0. The van der Waals surface area contributed by atoms with Gasteiger partial charge >= 0.3 is 0 Å². The molecule has 0 spiro atoms. The van der Waals surface area contributed by atoms with Crippen molar-refractivity contribution >= 4 is 11.8 Å². The van der Waals surface area contributed by atoms with Crippen molar-refractivity contribution in [2.24, 2.45) is 11.8 Å². The van der Waals surface area contributed by atoms with Crippen molar-refractivity contribution in [2.75, 3.05) is 0 Å². The number of amides is 2. The van der Waals surface area contributed by atoms with Crippen LogP contribution in [0.4, 0.5) is 0 Å². The standard InChI is InChI=1S/C16H26N2O2/c1-4-5-10(2)18-13(11-6-7-11)14(19)17-16(3,15(18)20)12-8-9-12/h10-13H,4-9H2,1-3H3,(H,17,19). The maximum Gasteiger partial charge on any atom is 0.249 e. The topological polar surface area (TPSA) is 49.4 Å². The lowest BCUT2D eigenvalue weighted by Crippen LogP contribution is -2.72. The van der Waals surface area contributed by atoms with Gasteiger partial charge < -0.3 is 10.2 Å². The maximum absolute atomic E-state index is 13.0. The molecule has 112 valence electrons. The molecule has 0 radical (unpaired) electrons. The molecular formula is C16H26N2O2. The molecule has 0 aromatic rings. The number of hydrogen-bond donors (Lipinski definition) is 1.